The molecule has 32 heavy (non-hydrogen) atoms. The first-order valence-corrected chi connectivity index (χ1v) is 11.6. The quantitative estimate of drug-likeness (QED) is 0.491. The Morgan fingerprint density at radius 3 is 2.22 bits per heavy atom. The number of hydrogen-bond donors (Lipinski definition) is 0. The maximum absolute atomic E-state index is 15.8. The molecule has 0 unspecified atom stereocenters. The third-order valence-electron chi connectivity index (χ3n) is 5.62. The maximum Gasteiger partial charge on any atom is 0.184 e. The van der Waals surface area contributed by atoms with Crippen LogP contribution in [0.4, 0.5) is 4.39 Å². The Labute approximate surface area is 191 Å². The van der Waals surface area contributed by atoms with Crippen LogP contribution in [0.5, 0.6) is 0 Å². The highest BCUT2D eigenvalue weighted by Gasteiger charge is 2.51. The highest BCUT2D eigenvalue weighted by Crippen LogP contribution is 2.41. The Bertz CT molecular complexity index is 975. The molecule has 2 aliphatic rings. The summed E-state index contributed by atoms with van der Waals surface area (Å²) in [5.41, 5.74) is 1.17. The summed E-state index contributed by atoms with van der Waals surface area (Å²) in [5.74, 6) is 0. The highest BCUT2D eigenvalue weighted by atomic mass is 32.2. The third-order valence-corrected chi connectivity index (χ3v) is 6.77. The number of benzene rings is 3. The van der Waals surface area contributed by atoms with Gasteiger partial charge in [-0.05, 0) is 17.7 Å². The minimum Gasteiger partial charge on any atom is -0.368 e. The van der Waals surface area contributed by atoms with Crippen LogP contribution in [0.15, 0.2) is 95.9 Å². The number of ether oxygens (including phenoxy) is 4. The first kappa shape index (κ1) is 21.6. The number of thioether (sulfide) groups is 1. The van der Waals surface area contributed by atoms with Crippen molar-refractivity contribution in [2.24, 2.45) is 0 Å². The molecule has 6 atom stereocenters. The van der Waals surface area contributed by atoms with Gasteiger partial charge in [0.05, 0.1) is 13.2 Å². The summed E-state index contributed by atoms with van der Waals surface area (Å²) in [6.45, 7) is 0.617. The lowest BCUT2D eigenvalue weighted by atomic mass is 9.99. The minimum atomic E-state index is -1.36. The molecular formula is C26H25FO4S. The van der Waals surface area contributed by atoms with Gasteiger partial charge in [0.15, 0.2) is 12.5 Å². The zero-order valence-corrected chi connectivity index (χ0v) is 18.3. The molecule has 0 saturated carbocycles. The molecule has 5 rings (SSSR count). The Morgan fingerprint density at radius 2 is 1.50 bits per heavy atom. The summed E-state index contributed by atoms with van der Waals surface area (Å²) in [6.07, 6.45) is -3.69. The van der Waals surface area contributed by atoms with E-state index in [-0.39, 0.29) is 0 Å². The lowest BCUT2D eigenvalue weighted by molar-refractivity contribution is -0.319. The van der Waals surface area contributed by atoms with E-state index >= 15 is 4.39 Å². The van der Waals surface area contributed by atoms with Gasteiger partial charge in [-0.15, -0.1) is 0 Å². The molecule has 2 heterocycles. The molecule has 0 radical (unpaired) electrons. The van der Waals surface area contributed by atoms with Crippen LogP contribution in [0.25, 0.3) is 0 Å². The fourth-order valence-corrected chi connectivity index (χ4v) is 5.07. The van der Waals surface area contributed by atoms with Crippen LogP contribution >= 0.6 is 11.8 Å². The van der Waals surface area contributed by atoms with Gasteiger partial charge >= 0.3 is 0 Å². The lowest BCUT2D eigenvalue weighted by Crippen LogP contribution is -2.60. The van der Waals surface area contributed by atoms with Crippen LogP contribution in [-0.4, -0.2) is 36.5 Å². The molecular weight excluding hydrogens is 427 g/mol. The Morgan fingerprint density at radius 1 is 0.844 bits per heavy atom. The van der Waals surface area contributed by atoms with Crippen molar-refractivity contribution in [2.75, 3.05) is 6.61 Å². The number of halogens is 1. The Kier molecular flexibility index (Phi) is 6.86. The molecule has 3 aromatic rings. The summed E-state index contributed by atoms with van der Waals surface area (Å²) in [5, 5.41) is 0. The van der Waals surface area contributed by atoms with E-state index in [1.54, 1.807) is 0 Å². The highest BCUT2D eigenvalue weighted by molar-refractivity contribution is 7.99. The lowest BCUT2D eigenvalue weighted by Gasteiger charge is -2.47. The second kappa shape index (κ2) is 10.1. The van der Waals surface area contributed by atoms with Gasteiger partial charge in [0.2, 0.25) is 0 Å². The molecule has 0 amide bonds. The molecule has 0 aromatic heterocycles. The smallest absolute Gasteiger partial charge is 0.184 e. The Hall–Kier alpha value is -2.22. The first-order valence-electron chi connectivity index (χ1n) is 10.8. The molecule has 166 valence electrons. The van der Waals surface area contributed by atoms with Crippen molar-refractivity contribution in [1.82, 2.24) is 0 Å². The van der Waals surface area contributed by atoms with Gasteiger partial charge in [0.25, 0.3) is 0 Å². The van der Waals surface area contributed by atoms with Crippen LogP contribution in [0, 0.1) is 0 Å². The summed E-state index contributed by atoms with van der Waals surface area (Å²) >= 11 is 1.36. The topological polar surface area (TPSA) is 36.9 Å². The molecule has 2 fully saturated rings. The predicted octanol–water partition coefficient (Wildman–Crippen LogP) is 5.54. The summed E-state index contributed by atoms with van der Waals surface area (Å²) < 4.78 is 40.3. The van der Waals surface area contributed by atoms with Crippen LogP contribution in [0.2, 0.25) is 0 Å². The maximum atomic E-state index is 15.8. The molecule has 2 aliphatic heterocycles. The molecule has 6 heteroatoms. The molecule has 2 saturated heterocycles. The van der Waals surface area contributed by atoms with E-state index < -0.39 is 36.2 Å². The number of alkyl halides is 1. The van der Waals surface area contributed by atoms with Crippen molar-refractivity contribution in [1.29, 1.82) is 0 Å². The van der Waals surface area contributed by atoms with E-state index in [0.717, 1.165) is 16.0 Å². The number of rotatable bonds is 6. The molecule has 0 bridgehead atoms. The molecule has 0 spiro atoms. The second-order valence-electron chi connectivity index (χ2n) is 7.86. The van der Waals surface area contributed by atoms with Gasteiger partial charge in [0.1, 0.15) is 23.7 Å². The molecule has 0 aliphatic carbocycles. The normalized spacial score (nSPS) is 29.9. The SMILES string of the molecule is F[C@H]1[C@@H](OCc2ccccc2)[C@@H]2O[C@H](c3ccccc3)OC[C@H]2O[C@@H]1Sc1ccccc1. The van der Waals surface area contributed by atoms with Crippen molar-refractivity contribution in [3.05, 3.63) is 102 Å². The van der Waals surface area contributed by atoms with Crippen LogP contribution in [-0.2, 0) is 25.6 Å². The molecule has 3 aromatic carbocycles. The van der Waals surface area contributed by atoms with Crippen LogP contribution in [0.3, 0.4) is 0 Å². The van der Waals surface area contributed by atoms with Crippen molar-refractivity contribution in [2.45, 2.75) is 47.7 Å². The van der Waals surface area contributed by atoms with Gasteiger partial charge in [-0.25, -0.2) is 4.39 Å². The third kappa shape index (κ3) is 4.90. The van der Waals surface area contributed by atoms with E-state index in [0.29, 0.717) is 13.2 Å². The average molecular weight is 453 g/mol. The fourth-order valence-electron chi connectivity index (χ4n) is 4.00. The van der Waals surface area contributed by atoms with Crippen molar-refractivity contribution < 1.29 is 23.3 Å². The van der Waals surface area contributed by atoms with Gasteiger partial charge in [0, 0.05) is 10.5 Å². The monoisotopic (exact) mass is 452 g/mol. The van der Waals surface area contributed by atoms with E-state index in [9.17, 15) is 0 Å². The average Bonchev–Trinajstić information content (AvgIpc) is 2.86. The van der Waals surface area contributed by atoms with Crippen molar-refractivity contribution in [3.63, 3.8) is 0 Å². The first-order chi connectivity index (χ1) is 15.8. The Balaban J connectivity index is 1.36. The second-order valence-corrected chi connectivity index (χ2v) is 9.03. The number of hydrogen-bond acceptors (Lipinski definition) is 5. The van der Waals surface area contributed by atoms with Gasteiger partial charge in [-0.3, -0.25) is 0 Å². The summed E-state index contributed by atoms with van der Waals surface area (Å²) in [4.78, 5) is 0.945. The minimum absolute atomic E-state index is 0.304. The van der Waals surface area contributed by atoms with Crippen molar-refractivity contribution >= 4 is 11.8 Å². The fraction of sp³-hybridized carbons (Fsp3) is 0.308. The summed E-state index contributed by atoms with van der Waals surface area (Å²) in [6, 6.07) is 29.2. The summed E-state index contributed by atoms with van der Waals surface area (Å²) in [7, 11) is 0. The molecule has 4 nitrogen and oxygen atoms in total. The van der Waals surface area contributed by atoms with E-state index in [2.05, 4.69) is 0 Å². The number of fused-ring (bicyclic) bond motifs is 1. The van der Waals surface area contributed by atoms with Crippen molar-refractivity contribution in [3.8, 4) is 0 Å². The zero-order valence-electron chi connectivity index (χ0n) is 17.5. The zero-order chi connectivity index (χ0) is 21.8. The largest absolute Gasteiger partial charge is 0.368 e. The van der Waals surface area contributed by atoms with Gasteiger partial charge in [-0.2, -0.15) is 0 Å². The van der Waals surface area contributed by atoms with Crippen LogP contribution < -0.4 is 0 Å². The van der Waals surface area contributed by atoms with E-state index in [4.69, 9.17) is 18.9 Å². The van der Waals surface area contributed by atoms with Gasteiger partial charge in [-0.1, -0.05) is 90.6 Å². The van der Waals surface area contributed by atoms with Crippen LogP contribution in [0.1, 0.15) is 17.4 Å². The van der Waals surface area contributed by atoms with Gasteiger partial charge < -0.3 is 18.9 Å². The van der Waals surface area contributed by atoms with E-state index in [1.807, 2.05) is 91.0 Å². The standard InChI is InChI=1S/C26H25FO4S/c27-22-24(28-16-18-10-4-1-5-11-18)23-21(30-26(22)32-20-14-8-3-9-15-20)17-29-25(31-23)19-12-6-2-7-13-19/h1-15,21-26H,16-17H2/t21-,22+,23-,24-,25-,26-/m1/s1. The van der Waals surface area contributed by atoms with E-state index in [1.165, 1.54) is 11.8 Å². The molecule has 0 N–H and O–H groups in total. The predicted molar refractivity (Wildman–Crippen MR) is 121 cm³/mol.